The van der Waals surface area contributed by atoms with Crippen LogP contribution in [0, 0.1) is 5.82 Å². The SMILES string of the molecule is CC(C)c1nc(C(=O)N(C)c2ccc(F)cc2)n[nH]1. The van der Waals surface area contributed by atoms with Crippen LogP contribution in [0.15, 0.2) is 24.3 Å². The maximum atomic E-state index is 12.8. The first-order chi connectivity index (χ1) is 8.99. The van der Waals surface area contributed by atoms with E-state index in [2.05, 4.69) is 15.2 Å². The van der Waals surface area contributed by atoms with Gasteiger partial charge in [0, 0.05) is 18.7 Å². The van der Waals surface area contributed by atoms with E-state index in [-0.39, 0.29) is 23.5 Å². The van der Waals surface area contributed by atoms with Gasteiger partial charge >= 0.3 is 0 Å². The Labute approximate surface area is 110 Å². The van der Waals surface area contributed by atoms with Crippen molar-refractivity contribution in [3.63, 3.8) is 0 Å². The highest BCUT2D eigenvalue weighted by molar-refractivity contribution is 6.03. The van der Waals surface area contributed by atoms with Crippen LogP contribution in [0.5, 0.6) is 0 Å². The lowest BCUT2D eigenvalue weighted by Gasteiger charge is -2.15. The third-order valence-corrected chi connectivity index (χ3v) is 2.76. The van der Waals surface area contributed by atoms with Crippen molar-refractivity contribution in [2.75, 3.05) is 11.9 Å². The number of amides is 1. The summed E-state index contributed by atoms with van der Waals surface area (Å²) >= 11 is 0. The smallest absolute Gasteiger partial charge is 0.297 e. The first kappa shape index (κ1) is 13.2. The van der Waals surface area contributed by atoms with Gasteiger partial charge in [-0.2, -0.15) is 0 Å². The Kier molecular flexibility index (Phi) is 3.59. The lowest BCUT2D eigenvalue weighted by Crippen LogP contribution is -2.27. The number of hydrogen-bond donors (Lipinski definition) is 1. The first-order valence-corrected chi connectivity index (χ1v) is 5.95. The Balaban J connectivity index is 2.20. The van der Waals surface area contributed by atoms with Crippen molar-refractivity contribution in [2.45, 2.75) is 19.8 Å². The predicted molar refractivity (Wildman–Crippen MR) is 69.6 cm³/mol. The van der Waals surface area contributed by atoms with Crippen molar-refractivity contribution in [3.8, 4) is 0 Å². The van der Waals surface area contributed by atoms with E-state index in [9.17, 15) is 9.18 Å². The molecule has 0 saturated carbocycles. The van der Waals surface area contributed by atoms with E-state index in [1.807, 2.05) is 13.8 Å². The summed E-state index contributed by atoms with van der Waals surface area (Å²) in [6, 6.07) is 5.67. The van der Waals surface area contributed by atoms with Gasteiger partial charge in [-0.25, -0.2) is 9.37 Å². The lowest BCUT2D eigenvalue weighted by molar-refractivity contribution is 0.0983. The fourth-order valence-electron chi connectivity index (χ4n) is 1.56. The summed E-state index contributed by atoms with van der Waals surface area (Å²) in [5.41, 5.74) is 0.585. The highest BCUT2D eigenvalue weighted by Crippen LogP contribution is 2.15. The second-order valence-corrected chi connectivity index (χ2v) is 4.54. The van der Waals surface area contributed by atoms with E-state index in [0.29, 0.717) is 11.5 Å². The molecule has 1 heterocycles. The minimum atomic E-state index is -0.343. The van der Waals surface area contributed by atoms with Gasteiger partial charge in [0.1, 0.15) is 11.6 Å². The van der Waals surface area contributed by atoms with E-state index >= 15 is 0 Å². The molecule has 0 aliphatic rings. The van der Waals surface area contributed by atoms with Gasteiger partial charge in [0.05, 0.1) is 0 Å². The minimum absolute atomic E-state index is 0.107. The second-order valence-electron chi connectivity index (χ2n) is 4.54. The molecule has 0 radical (unpaired) electrons. The number of carbonyl (C=O) groups is 1. The van der Waals surface area contributed by atoms with Gasteiger partial charge in [-0.15, -0.1) is 5.10 Å². The van der Waals surface area contributed by atoms with Gasteiger partial charge in [-0.05, 0) is 24.3 Å². The summed E-state index contributed by atoms with van der Waals surface area (Å²) in [6.45, 7) is 3.91. The number of H-pyrrole nitrogens is 1. The third kappa shape index (κ3) is 2.78. The van der Waals surface area contributed by atoms with Crippen molar-refractivity contribution in [1.82, 2.24) is 15.2 Å². The quantitative estimate of drug-likeness (QED) is 0.923. The van der Waals surface area contributed by atoms with Crippen LogP contribution in [0.4, 0.5) is 10.1 Å². The van der Waals surface area contributed by atoms with Gasteiger partial charge in [0.25, 0.3) is 5.91 Å². The molecule has 0 spiro atoms. The standard InChI is InChI=1S/C13H15FN4O/c1-8(2)11-15-12(17-16-11)13(19)18(3)10-6-4-9(14)5-7-10/h4-8H,1-3H3,(H,15,16,17). The third-order valence-electron chi connectivity index (χ3n) is 2.76. The number of aromatic nitrogens is 3. The van der Waals surface area contributed by atoms with Crippen LogP contribution in [0.3, 0.4) is 0 Å². The number of rotatable bonds is 3. The highest BCUT2D eigenvalue weighted by atomic mass is 19.1. The first-order valence-electron chi connectivity index (χ1n) is 5.95. The molecule has 1 N–H and O–H groups in total. The number of anilines is 1. The molecule has 0 unspecified atom stereocenters. The van der Waals surface area contributed by atoms with Crippen LogP contribution in [0.1, 0.15) is 36.2 Å². The van der Waals surface area contributed by atoms with Gasteiger partial charge in [0.2, 0.25) is 5.82 Å². The Bertz CT molecular complexity index is 577. The molecule has 0 aliphatic carbocycles. The van der Waals surface area contributed by atoms with Gasteiger partial charge in [-0.1, -0.05) is 13.8 Å². The van der Waals surface area contributed by atoms with E-state index in [4.69, 9.17) is 0 Å². The monoisotopic (exact) mass is 262 g/mol. The molecule has 100 valence electrons. The zero-order valence-electron chi connectivity index (χ0n) is 11.0. The second kappa shape index (κ2) is 5.17. The molecule has 1 aromatic heterocycles. The number of nitrogens with zero attached hydrogens (tertiary/aromatic N) is 3. The van der Waals surface area contributed by atoms with Crippen molar-refractivity contribution in [2.24, 2.45) is 0 Å². The van der Waals surface area contributed by atoms with Crippen LogP contribution in [0.25, 0.3) is 0 Å². The lowest BCUT2D eigenvalue weighted by atomic mass is 10.2. The molecule has 1 amide bonds. The average molecular weight is 262 g/mol. The highest BCUT2D eigenvalue weighted by Gasteiger charge is 2.19. The molecule has 0 bridgehead atoms. The molecule has 1 aromatic carbocycles. The zero-order valence-corrected chi connectivity index (χ0v) is 11.0. The summed E-state index contributed by atoms with van der Waals surface area (Å²) in [6.07, 6.45) is 0. The number of aromatic amines is 1. The maximum Gasteiger partial charge on any atom is 0.297 e. The van der Waals surface area contributed by atoms with Crippen molar-refractivity contribution in [1.29, 1.82) is 0 Å². The Morgan fingerprint density at radius 1 is 1.32 bits per heavy atom. The predicted octanol–water partition coefficient (Wildman–Crippen LogP) is 2.34. The molecule has 0 aliphatic heterocycles. The molecule has 6 heteroatoms. The van der Waals surface area contributed by atoms with Crippen LogP contribution in [-0.4, -0.2) is 28.1 Å². The fraction of sp³-hybridized carbons (Fsp3) is 0.308. The summed E-state index contributed by atoms with van der Waals surface area (Å²) < 4.78 is 12.8. The Hall–Kier alpha value is -2.24. The van der Waals surface area contributed by atoms with Gasteiger partial charge < -0.3 is 4.90 Å². The van der Waals surface area contributed by atoms with Gasteiger partial charge in [-0.3, -0.25) is 9.89 Å². The van der Waals surface area contributed by atoms with Crippen LogP contribution in [0.2, 0.25) is 0 Å². The van der Waals surface area contributed by atoms with Crippen LogP contribution >= 0.6 is 0 Å². The molecule has 5 nitrogen and oxygen atoms in total. The Morgan fingerprint density at radius 2 is 1.95 bits per heavy atom. The van der Waals surface area contributed by atoms with Gasteiger partial charge in [0.15, 0.2) is 0 Å². The summed E-state index contributed by atoms with van der Waals surface area (Å²) in [5.74, 6) is 0.260. The number of benzene rings is 1. The summed E-state index contributed by atoms with van der Waals surface area (Å²) in [4.78, 5) is 17.7. The molecule has 2 rings (SSSR count). The van der Waals surface area contributed by atoms with Crippen molar-refractivity contribution >= 4 is 11.6 Å². The molecule has 19 heavy (non-hydrogen) atoms. The molecule has 2 aromatic rings. The van der Waals surface area contributed by atoms with E-state index in [1.54, 1.807) is 7.05 Å². The fourth-order valence-corrected chi connectivity index (χ4v) is 1.56. The molecule has 0 atom stereocenters. The number of hydrogen-bond acceptors (Lipinski definition) is 3. The van der Waals surface area contributed by atoms with Crippen LogP contribution in [-0.2, 0) is 0 Å². The van der Waals surface area contributed by atoms with E-state index < -0.39 is 0 Å². The topological polar surface area (TPSA) is 61.9 Å². The normalized spacial score (nSPS) is 10.8. The molecular weight excluding hydrogens is 247 g/mol. The van der Waals surface area contributed by atoms with E-state index in [1.165, 1.54) is 29.2 Å². The largest absolute Gasteiger partial charge is 0.309 e. The molecular formula is C13H15FN4O. The van der Waals surface area contributed by atoms with Crippen LogP contribution < -0.4 is 4.90 Å². The zero-order chi connectivity index (χ0) is 14.0. The molecule has 0 fully saturated rings. The van der Waals surface area contributed by atoms with Crippen molar-refractivity contribution in [3.05, 3.63) is 41.7 Å². The number of carbonyl (C=O) groups excluding carboxylic acids is 1. The Morgan fingerprint density at radius 3 is 2.47 bits per heavy atom. The van der Waals surface area contributed by atoms with Crippen molar-refractivity contribution < 1.29 is 9.18 Å². The summed E-state index contributed by atoms with van der Waals surface area (Å²) in [5, 5.41) is 6.63. The maximum absolute atomic E-state index is 12.8. The molecule has 0 saturated heterocycles. The number of nitrogens with one attached hydrogen (secondary N) is 1. The minimum Gasteiger partial charge on any atom is -0.309 e. The van der Waals surface area contributed by atoms with E-state index in [0.717, 1.165) is 0 Å². The average Bonchev–Trinajstić information content (AvgIpc) is 2.87. The summed E-state index contributed by atoms with van der Waals surface area (Å²) in [7, 11) is 1.60. The number of halogens is 1.